The molecule has 1 unspecified atom stereocenters. The highest BCUT2D eigenvalue weighted by Gasteiger charge is 2.24. The number of aromatic nitrogens is 2. The van der Waals surface area contributed by atoms with Gasteiger partial charge in [-0.05, 0) is 32.9 Å². The van der Waals surface area contributed by atoms with Crippen molar-refractivity contribution >= 4 is 22.6 Å². The van der Waals surface area contributed by atoms with Crippen molar-refractivity contribution in [1.82, 2.24) is 14.5 Å². The smallest absolute Gasteiger partial charge is 0.328 e. The molecule has 2 aromatic rings. The van der Waals surface area contributed by atoms with Crippen LogP contribution in [-0.2, 0) is 18.9 Å². The Balaban J connectivity index is 2.04. The number of rotatable bonds is 4. The first-order chi connectivity index (χ1) is 11.4. The third-order valence-electron chi connectivity index (χ3n) is 4.42. The van der Waals surface area contributed by atoms with Crippen molar-refractivity contribution in [1.29, 1.82) is 0 Å². The van der Waals surface area contributed by atoms with Crippen LogP contribution in [0.25, 0.3) is 11.0 Å². The number of nitrogens with zero attached hydrogens (tertiary/aromatic N) is 2. The molecular formula is C17H24N4O3. The van der Waals surface area contributed by atoms with Crippen LogP contribution in [0, 0.1) is 5.92 Å². The normalized spacial score (nSPS) is 17.6. The monoisotopic (exact) mass is 332 g/mol. The van der Waals surface area contributed by atoms with E-state index in [-0.39, 0.29) is 23.6 Å². The maximum Gasteiger partial charge on any atom is 0.328 e. The highest BCUT2D eigenvalue weighted by molar-refractivity contribution is 5.97. The number of anilines is 1. The van der Waals surface area contributed by atoms with E-state index in [0.717, 1.165) is 24.0 Å². The van der Waals surface area contributed by atoms with Crippen molar-refractivity contribution in [2.24, 2.45) is 20.0 Å². The summed E-state index contributed by atoms with van der Waals surface area (Å²) in [6.45, 7) is 5.42. The molecule has 24 heavy (non-hydrogen) atoms. The van der Waals surface area contributed by atoms with Crippen molar-refractivity contribution in [3.8, 4) is 5.75 Å². The molecule has 7 nitrogen and oxygen atoms in total. The first-order valence-electron chi connectivity index (χ1n) is 8.26. The zero-order valence-electron chi connectivity index (χ0n) is 14.5. The fourth-order valence-corrected chi connectivity index (χ4v) is 3.09. The second-order valence-electron chi connectivity index (χ2n) is 6.58. The summed E-state index contributed by atoms with van der Waals surface area (Å²) in [4.78, 5) is 24.6. The molecule has 2 N–H and O–H groups in total. The summed E-state index contributed by atoms with van der Waals surface area (Å²) < 4.78 is 9.02. The first kappa shape index (κ1) is 16.6. The lowest BCUT2D eigenvalue weighted by molar-refractivity contribution is -0.119. The maximum absolute atomic E-state index is 12.5. The zero-order chi connectivity index (χ0) is 17.4. The largest absolute Gasteiger partial charge is 0.489 e. The number of fused-ring (bicyclic) bond motifs is 1. The van der Waals surface area contributed by atoms with Crippen molar-refractivity contribution in [3.05, 3.63) is 22.6 Å². The molecule has 0 radical (unpaired) electrons. The molecule has 1 atom stereocenters. The van der Waals surface area contributed by atoms with E-state index in [4.69, 9.17) is 4.74 Å². The Kier molecular flexibility index (Phi) is 4.36. The van der Waals surface area contributed by atoms with Gasteiger partial charge in [-0.2, -0.15) is 0 Å². The quantitative estimate of drug-likeness (QED) is 0.882. The summed E-state index contributed by atoms with van der Waals surface area (Å²) in [5, 5.41) is 6.17. The topological polar surface area (TPSA) is 77.3 Å². The van der Waals surface area contributed by atoms with E-state index >= 15 is 0 Å². The molecule has 0 bridgehead atoms. The van der Waals surface area contributed by atoms with Gasteiger partial charge in [0, 0.05) is 26.7 Å². The van der Waals surface area contributed by atoms with E-state index in [1.54, 1.807) is 23.2 Å². The number of imidazole rings is 1. The van der Waals surface area contributed by atoms with E-state index in [1.807, 2.05) is 26.0 Å². The van der Waals surface area contributed by atoms with Gasteiger partial charge in [0.2, 0.25) is 5.91 Å². The molecule has 1 fully saturated rings. The van der Waals surface area contributed by atoms with E-state index in [2.05, 4.69) is 10.6 Å². The van der Waals surface area contributed by atoms with Crippen LogP contribution in [0.2, 0.25) is 0 Å². The number of aryl methyl sites for hydroxylation is 2. The zero-order valence-corrected chi connectivity index (χ0v) is 14.5. The standard InChI is InChI=1S/C17H24N4O3/c1-10(2)24-15-8-14-13(20(3)17(23)21(14)4)7-12(15)19-16(22)11-5-6-18-9-11/h7-8,10-11,18H,5-6,9H2,1-4H3,(H,19,22). The highest BCUT2D eigenvalue weighted by Crippen LogP contribution is 2.31. The number of benzene rings is 1. The fourth-order valence-electron chi connectivity index (χ4n) is 3.09. The third kappa shape index (κ3) is 2.91. The van der Waals surface area contributed by atoms with Gasteiger partial charge in [-0.15, -0.1) is 0 Å². The minimum absolute atomic E-state index is 0.0195. The molecule has 130 valence electrons. The summed E-state index contributed by atoms with van der Waals surface area (Å²) in [7, 11) is 3.45. The Labute approximate surface area is 140 Å². The lowest BCUT2D eigenvalue weighted by Crippen LogP contribution is -2.25. The molecule has 1 aromatic heterocycles. The van der Waals surface area contributed by atoms with E-state index < -0.39 is 0 Å². The van der Waals surface area contributed by atoms with Crippen LogP contribution in [0.1, 0.15) is 20.3 Å². The van der Waals surface area contributed by atoms with E-state index in [1.165, 1.54) is 0 Å². The van der Waals surface area contributed by atoms with Gasteiger partial charge in [0.25, 0.3) is 0 Å². The average Bonchev–Trinajstić information content (AvgIpc) is 3.13. The molecule has 3 rings (SSSR count). The van der Waals surface area contributed by atoms with Crippen LogP contribution >= 0.6 is 0 Å². The van der Waals surface area contributed by atoms with Crippen LogP contribution in [0.15, 0.2) is 16.9 Å². The van der Waals surface area contributed by atoms with Gasteiger partial charge in [-0.25, -0.2) is 4.79 Å². The number of amides is 1. The van der Waals surface area contributed by atoms with Crippen LogP contribution < -0.4 is 21.1 Å². The molecule has 0 saturated carbocycles. The lowest BCUT2D eigenvalue weighted by Gasteiger charge is -2.17. The van der Waals surface area contributed by atoms with Crippen LogP contribution in [-0.4, -0.2) is 34.2 Å². The third-order valence-corrected chi connectivity index (χ3v) is 4.42. The van der Waals surface area contributed by atoms with E-state index in [9.17, 15) is 9.59 Å². The molecular weight excluding hydrogens is 308 g/mol. The molecule has 1 saturated heterocycles. The second-order valence-corrected chi connectivity index (χ2v) is 6.58. The van der Waals surface area contributed by atoms with Crippen LogP contribution in [0.5, 0.6) is 5.75 Å². The van der Waals surface area contributed by atoms with Gasteiger partial charge in [0.1, 0.15) is 5.75 Å². The van der Waals surface area contributed by atoms with Crippen molar-refractivity contribution in [2.45, 2.75) is 26.4 Å². The van der Waals surface area contributed by atoms with Gasteiger partial charge in [-0.1, -0.05) is 0 Å². The Morgan fingerprint density at radius 1 is 1.29 bits per heavy atom. The molecule has 7 heteroatoms. The summed E-state index contributed by atoms with van der Waals surface area (Å²) in [5.74, 6) is 0.527. The second kappa shape index (κ2) is 6.32. The minimum atomic E-state index is -0.107. The Bertz CT molecular complexity index is 828. The van der Waals surface area contributed by atoms with E-state index in [0.29, 0.717) is 18.0 Å². The number of carbonyl (C=O) groups excluding carboxylic acids is 1. The van der Waals surface area contributed by atoms with Gasteiger partial charge in [0.15, 0.2) is 0 Å². The lowest BCUT2D eigenvalue weighted by atomic mass is 10.1. The number of carbonyl (C=O) groups is 1. The van der Waals surface area contributed by atoms with Gasteiger partial charge >= 0.3 is 5.69 Å². The Hall–Kier alpha value is -2.28. The summed E-state index contributed by atoms with van der Waals surface area (Å²) in [6, 6.07) is 3.63. The first-order valence-corrected chi connectivity index (χ1v) is 8.26. The number of hydrogen-bond acceptors (Lipinski definition) is 4. The number of ether oxygens (including phenoxy) is 1. The van der Waals surface area contributed by atoms with Crippen molar-refractivity contribution < 1.29 is 9.53 Å². The van der Waals surface area contributed by atoms with Crippen molar-refractivity contribution in [3.63, 3.8) is 0 Å². The van der Waals surface area contributed by atoms with Crippen LogP contribution in [0.4, 0.5) is 5.69 Å². The predicted molar refractivity (Wildman–Crippen MR) is 93.5 cm³/mol. The summed E-state index contributed by atoms with van der Waals surface area (Å²) >= 11 is 0. The number of hydrogen-bond donors (Lipinski definition) is 2. The van der Waals surface area contributed by atoms with Crippen LogP contribution in [0.3, 0.4) is 0 Å². The molecule has 1 aliphatic heterocycles. The minimum Gasteiger partial charge on any atom is -0.489 e. The Morgan fingerprint density at radius 3 is 2.54 bits per heavy atom. The van der Waals surface area contributed by atoms with Crippen molar-refractivity contribution in [2.75, 3.05) is 18.4 Å². The molecule has 1 amide bonds. The predicted octanol–water partition coefficient (Wildman–Crippen LogP) is 1.21. The van der Waals surface area contributed by atoms with Gasteiger partial charge < -0.3 is 15.4 Å². The summed E-state index contributed by atoms with van der Waals surface area (Å²) in [6.07, 6.45) is 0.796. The molecule has 0 aliphatic carbocycles. The average molecular weight is 332 g/mol. The molecule has 1 aliphatic rings. The highest BCUT2D eigenvalue weighted by atomic mass is 16.5. The SMILES string of the molecule is CC(C)Oc1cc2c(cc1NC(=O)C1CCNC1)n(C)c(=O)n2C. The molecule has 1 aromatic carbocycles. The fraction of sp³-hybridized carbons (Fsp3) is 0.529. The summed E-state index contributed by atoms with van der Waals surface area (Å²) in [5.41, 5.74) is 2.04. The van der Waals surface area contributed by atoms with Gasteiger partial charge in [-0.3, -0.25) is 13.9 Å². The Morgan fingerprint density at radius 2 is 1.96 bits per heavy atom. The molecule has 0 spiro atoms. The number of nitrogens with one attached hydrogen (secondary N) is 2. The van der Waals surface area contributed by atoms with Gasteiger partial charge in [0.05, 0.1) is 28.7 Å². The molecule has 2 heterocycles. The maximum atomic E-state index is 12.5.